The summed E-state index contributed by atoms with van der Waals surface area (Å²) in [6, 6.07) is 19.2. The van der Waals surface area contributed by atoms with Crippen molar-refractivity contribution in [3.05, 3.63) is 90.0 Å². The summed E-state index contributed by atoms with van der Waals surface area (Å²) in [6.45, 7) is -0.0436. The van der Waals surface area contributed by atoms with Crippen LogP contribution in [-0.2, 0) is 36.8 Å². The van der Waals surface area contributed by atoms with E-state index in [1.807, 2.05) is 54.6 Å². The zero-order valence-electron chi connectivity index (χ0n) is 26.7. The number of nitrogens with zero attached hydrogens (tertiary/aromatic N) is 2. The van der Waals surface area contributed by atoms with Crippen LogP contribution in [-0.4, -0.2) is 88.2 Å². The van der Waals surface area contributed by atoms with Gasteiger partial charge < -0.3 is 32.1 Å². The number of hydrogen-bond acceptors (Lipinski definition) is 8. The second kappa shape index (κ2) is 15.7. The van der Waals surface area contributed by atoms with Crippen LogP contribution in [0.3, 0.4) is 0 Å². The highest BCUT2D eigenvalue weighted by molar-refractivity contribution is 6.05. The summed E-state index contributed by atoms with van der Waals surface area (Å²) in [6.07, 6.45) is 1.45. The molecule has 0 radical (unpaired) electrons. The van der Waals surface area contributed by atoms with E-state index in [-0.39, 0.29) is 31.6 Å². The number of nitrogens with two attached hydrogens (primary N) is 2. The van der Waals surface area contributed by atoms with Crippen LogP contribution < -0.4 is 22.1 Å². The zero-order chi connectivity index (χ0) is 34.2. The van der Waals surface area contributed by atoms with Crippen LogP contribution in [0.25, 0.3) is 11.1 Å². The molecule has 0 bridgehead atoms. The third-order valence-electron chi connectivity index (χ3n) is 8.88. The molecule has 2 saturated heterocycles. The molecule has 5 rings (SSSR count). The van der Waals surface area contributed by atoms with Gasteiger partial charge in [-0.1, -0.05) is 66.7 Å². The van der Waals surface area contributed by atoms with E-state index < -0.39 is 60.2 Å². The molecule has 4 atom stereocenters. The average Bonchev–Trinajstić information content (AvgIpc) is 3.59. The molecule has 0 aliphatic carbocycles. The highest BCUT2D eigenvalue weighted by Crippen LogP contribution is 2.23. The van der Waals surface area contributed by atoms with Crippen LogP contribution in [0.1, 0.15) is 36.8 Å². The van der Waals surface area contributed by atoms with E-state index in [1.54, 1.807) is 12.1 Å². The average molecular weight is 655 g/mol. The van der Waals surface area contributed by atoms with Crippen LogP contribution in [0.4, 0.5) is 0 Å². The predicted octanol–water partition coefficient (Wildman–Crippen LogP) is 1.24. The molecule has 3 aromatic carbocycles. The van der Waals surface area contributed by atoms with E-state index >= 15 is 0 Å². The first kappa shape index (κ1) is 34.3. The van der Waals surface area contributed by atoms with Gasteiger partial charge in [0, 0.05) is 13.0 Å². The van der Waals surface area contributed by atoms with Crippen molar-refractivity contribution in [3.8, 4) is 16.9 Å². The predicted molar refractivity (Wildman–Crippen MR) is 179 cm³/mol. The molecule has 2 heterocycles. The van der Waals surface area contributed by atoms with Gasteiger partial charge in [-0.25, -0.2) is 0 Å². The van der Waals surface area contributed by atoms with Crippen LogP contribution in [0.2, 0.25) is 0 Å². The second-order valence-corrected chi connectivity index (χ2v) is 12.3. The van der Waals surface area contributed by atoms with Crippen molar-refractivity contribution in [2.45, 2.75) is 62.7 Å². The molecule has 48 heavy (non-hydrogen) atoms. The molecule has 0 spiro atoms. The summed E-state index contributed by atoms with van der Waals surface area (Å²) >= 11 is 0. The lowest BCUT2D eigenvalue weighted by molar-refractivity contribution is -0.154. The lowest BCUT2D eigenvalue weighted by atomic mass is 9.98. The first-order chi connectivity index (χ1) is 23.2. The van der Waals surface area contributed by atoms with Gasteiger partial charge in [-0.2, -0.15) is 0 Å². The van der Waals surface area contributed by atoms with Crippen molar-refractivity contribution in [1.29, 1.82) is 0 Å². The molecule has 2 aliphatic heterocycles. The van der Waals surface area contributed by atoms with Gasteiger partial charge in [0.05, 0.1) is 12.6 Å². The zero-order valence-corrected chi connectivity index (χ0v) is 26.7. The number of hydrogen-bond donors (Lipinski definition) is 5. The van der Waals surface area contributed by atoms with Crippen molar-refractivity contribution in [2.75, 3.05) is 19.6 Å². The van der Waals surface area contributed by atoms with Crippen molar-refractivity contribution in [2.24, 2.45) is 11.5 Å². The quantitative estimate of drug-likeness (QED) is 0.228. The topological polar surface area (TPSA) is 188 Å². The first-order valence-corrected chi connectivity index (χ1v) is 16.3. The van der Waals surface area contributed by atoms with Gasteiger partial charge in [-0.3, -0.25) is 28.9 Å². The van der Waals surface area contributed by atoms with E-state index in [1.165, 1.54) is 17.0 Å². The van der Waals surface area contributed by atoms with E-state index in [2.05, 4.69) is 10.6 Å². The van der Waals surface area contributed by atoms with E-state index in [0.29, 0.717) is 31.4 Å². The molecular formula is C36H42N6O6. The number of nitrogens with one attached hydrogen (secondary N) is 2. The number of imide groups is 1. The van der Waals surface area contributed by atoms with Crippen LogP contribution in [0, 0.1) is 0 Å². The van der Waals surface area contributed by atoms with Gasteiger partial charge >= 0.3 is 0 Å². The van der Waals surface area contributed by atoms with E-state index in [0.717, 1.165) is 21.6 Å². The third-order valence-corrected chi connectivity index (χ3v) is 8.88. The number of amides is 5. The molecule has 2 aliphatic rings. The normalized spacial score (nSPS) is 21.1. The number of aromatic hydroxyl groups is 1. The lowest BCUT2D eigenvalue weighted by Crippen LogP contribution is -2.63. The number of rotatable bonds is 9. The van der Waals surface area contributed by atoms with Crippen LogP contribution >= 0.6 is 0 Å². The maximum atomic E-state index is 14.1. The Morgan fingerprint density at radius 2 is 1.56 bits per heavy atom. The van der Waals surface area contributed by atoms with Crippen molar-refractivity contribution >= 4 is 29.5 Å². The molecule has 12 nitrogen and oxygen atoms in total. The Morgan fingerprint density at radius 3 is 2.25 bits per heavy atom. The molecule has 7 N–H and O–H groups in total. The van der Waals surface area contributed by atoms with Crippen LogP contribution in [0.5, 0.6) is 5.75 Å². The Balaban J connectivity index is 1.46. The van der Waals surface area contributed by atoms with Gasteiger partial charge in [0.2, 0.25) is 29.5 Å². The number of benzene rings is 3. The summed E-state index contributed by atoms with van der Waals surface area (Å²) < 4.78 is 0. The fourth-order valence-electron chi connectivity index (χ4n) is 6.33. The molecular weight excluding hydrogens is 612 g/mol. The van der Waals surface area contributed by atoms with Gasteiger partial charge in [-0.05, 0) is 73.0 Å². The maximum absolute atomic E-state index is 14.1. The number of phenolic OH excluding ortho intramolecular Hbond substituents is 1. The Labute approximate surface area is 279 Å². The van der Waals surface area contributed by atoms with E-state index in [9.17, 15) is 29.1 Å². The molecule has 0 unspecified atom stereocenters. The van der Waals surface area contributed by atoms with Crippen molar-refractivity contribution < 1.29 is 29.1 Å². The molecule has 0 saturated carbocycles. The monoisotopic (exact) mass is 654 g/mol. The number of carbonyl (C=O) groups excluding carboxylic acids is 5. The molecule has 3 aromatic rings. The van der Waals surface area contributed by atoms with Crippen molar-refractivity contribution in [3.63, 3.8) is 0 Å². The highest BCUT2D eigenvalue weighted by atomic mass is 16.3. The van der Waals surface area contributed by atoms with Crippen LogP contribution in [0.15, 0.2) is 78.9 Å². The summed E-state index contributed by atoms with van der Waals surface area (Å²) in [7, 11) is 0. The van der Waals surface area contributed by atoms with Gasteiger partial charge in [0.15, 0.2) is 0 Å². The number of carbonyl (C=O) groups is 5. The maximum Gasteiger partial charge on any atom is 0.249 e. The highest BCUT2D eigenvalue weighted by Gasteiger charge is 2.42. The fourth-order valence-corrected chi connectivity index (χ4v) is 6.33. The minimum absolute atomic E-state index is 0.0254. The molecule has 2 fully saturated rings. The molecule has 0 aromatic heterocycles. The largest absolute Gasteiger partial charge is 0.508 e. The Morgan fingerprint density at radius 1 is 0.896 bits per heavy atom. The standard InChI is InChI=1S/C36H42N6O6/c37-18-4-8-31-34(46)40-29(21-24-10-14-26(15-11-24)25-6-2-1-3-7-25)36(48)41-19-5-9-30(41)33(45)39-22-32(44)42(31)35(47)28(38)20-23-12-16-27(43)17-13-23/h1-3,6-7,10-17,28-31,43H,4-5,8-9,18-22,37-38H2,(H,39,45)(H,40,46)/t28-,29+,30+,31+/m0/s1. The summed E-state index contributed by atoms with van der Waals surface area (Å²) in [5.74, 6) is -3.17. The second-order valence-electron chi connectivity index (χ2n) is 12.3. The lowest BCUT2D eigenvalue weighted by Gasteiger charge is -2.35. The Bertz CT molecular complexity index is 1610. The van der Waals surface area contributed by atoms with Crippen molar-refractivity contribution in [1.82, 2.24) is 20.4 Å². The summed E-state index contributed by atoms with van der Waals surface area (Å²) in [5.41, 5.74) is 15.6. The summed E-state index contributed by atoms with van der Waals surface area (Å²) in [5, 5.41) is 15.1. The Kier molecular flexibility index (Phi) is 11.2. The minimum Gasteiger partial charge on any atom is -0.508 e. The number of phenols is 1. The third kappa shape index (κ3) is 8.07. The smallest absolute Gasteiger partial charge is 0.249 e. The SMILES string of the molecule is NCCC[C@@H]1C(=O)N[C@H](Cc2ccc(-c3ccccc3)cc2)C(=O)N2CCC[C@@H]2C(=O)NCC(=O)N1C(=O)[C@@H](N)Cc1ccc(O)cc1. The van der Waals surface area contributed by atoms with E-state index in [4.69, 9.17) is 11.5 Å². The fraction of sp³-hybridized carbons (Fsp3) is 0.361. The van der Waals surface area contributed by atoms with Gasteiger partial charge in [0.25, 0.3) is 0 Å². The van der Waals surface area contributed by atoms with Gasteiger partial charge in [0.1, 0.15) is 23.9 Å². The minimum atomic E-state index is -1.33. The Hall–Kier alpha value is -5.07. The summed E-state index contributed by atoms with van der Waals surface area (Å²) in [4.78, 5) is 71.5. The molecule has 252 valence electrons. The number of fused-ring (bicyclic) bond motifs is 1. The first-order valence-electron chi connectivity index (χ1n) is 16.3. The molecule has 12 heteroatoms. The van der Waals surface area contributed by atoms with Gasteiger partial charge in [-0.15, -0.1) is 0 Å². The molecule has 5 amide bonds.